The summed E-state index contributed by atoms with van der Waals surface area (Å²) in [6.07, 6.45) is 0. The SMILES string of the molecule is OB(F)ON1CCOCC1. The predicted molar refractivity (Wildman–Crippen MR) is 32.6 cm³/mol. The summed E-state index contributed by atoms with van der Waals surface area (Å²) in [7, 11) is -2.21. The molecule has 0 unspecified atom stereocenters. The van der Waals surface area contributed by atoms with E-state index in [-0.39, 0.29) is 0 Å². The van der Waals surface area contributed by atoms with Crippen LogP contribution in [0.4, 0.5) is 4.32 Å². The zero-order valence-electron chi connectivity index (χ0n) is 5.49. The highest BCUT2D eigenvalue weighted by atomic mass is 19.1. The van der Waals surface area contributed by atoms with Crippen molar-refractivity contribution in [1.82, 2.24) is 5.06 Å². The van der Waals surface area contributed by atoms with E-state index in [0.717, 1.165) is 0 Å². The molecule has 0 aliphatic carbocycles. The second kappa shape index (κ2) is 3.87. The van der Waals surface area contributed by atoms with Crippen molar-refractivity contribution >= 4 is 7.40 Å². The highest BCUT2D eigenvalue weighted by Gasteiger charge is 2.19. The molecule has 10 heavy (non-hydrogen) atoms. The summed E-state index contributed by atoms with van der Waals surface area (Å²) in [5.74, 6) is 0. The lowest BCUT2D eigenvalue weighted by Crippen LogP contribution is -2.39. The molecule has 1 aliphatic heterocycles. The van der Waals surface area contributed by atoms with Crippen LogP contribution >= 0.6 is 0 Å². The quantitative estimate of drug-likeness (QED) is 0.521. The molecule has 58 valence electrons. The molecule has 1 N–H and O–H groups in total. The smallest absolute Gasteiger partial charge is 0.397 e. The molecule has 1 heterocycles. The third-order valence-electron chi connectivity index (χ3n) is 1.21. The van der Waals surface area contributed by atoms with Crippen LogP contribution in [0.1, 0.15) is 0 Å². The Bertz CT molecular complexity index is 98.5. The average Bonchev–Trinajstić information content (AvgIpc) is 1.88. The lowest BCUT2D eigenvalue weighted by atomic mass is 10.3. The Balaban J connectivity index is 2.13. The van der Waals surface area contributed by atoms with Crippen LogP contribution in [0.5, 0.6) is 0 Å². The largest absolute Gasteiger partial charge is 0.695 e. The van der Waals surface area contributed by atoms with Crippen molar-refractivity contribution in [2.45, 2.75) is 0 Å². The van der Waals surface area contributed by atoms with Gasteiger partial charge in [-0.05, 0) is 0 Å². The van der Waals surface area contributed by atoms with Gasteiger partial charge in [-0.25, -0.2) is 0 Å². The van der Waals surface area contributed by atoms with Gasteiger partial charge >= 0.3 is 7.40 Å². The summed E-state index contributed by atoms with van der Waals surface area (Å²) in [5, 5.41) is 9.47. The molecule has 0 bridgehead atoms. The van der Waals surface area contributed by atoms with Crippen LogP contribution in [0.2, 0.25) is 0 Å². The number of hydrogen-bond donors (Lipinski definition) is 1. The molecule has 0 spiro atoms. The summed E-state index contributed by atoms with van der Waals surface area (Å²) < 4.78 is 21.0. The Morgan fingerprint density at radius 2 is 2.10 bits per heavy atom. The minimum atomic E-state index is -2.21. The van der Waals surface area contributed by atoms with Gasteiger partial charge in [0.25, 0.3) is 0 Å². The van der Waals surface area contributed by atoms with Crippen LogP contribution < -0.4 is 0 Å². The molecule has 4 nitrogen and oxygen atoms in total. The van der Waals surface area contributed by atoms with Gasteiger partial charge in [-0.2, -0.15) is 5.06 Å². The fraction of sp³-hybridized carbons (Fsp3) is 1.00. The highest BCUT2D eigenvalue weighted by molar-refractivity contribution is 6.33. The monoisotopic (exact) mass is 149 g/mol. The number of nitrogens with zero attached hydrogens (tertiary/aromatic N) is 1. The molecular formula is C4H9BFNO3. The van der Waals surface area contributed by atoms with Gasteiger partial charge in [0, 0.05) is 13.1 Å². The maximum Gasteiger partial charge on any atom is 0.695 e. The second-order valence-corrected chi connectivity index (χ2v) is 1.94. The van der Waals surface area contributed by atoms with Crippen molar-refractivity contribution in [1.29, 1.82) is 0 Å². The molecular weight excluding hydrogens is 140 g/mol. The predicted octanol–water partition coefficient (Wildman–Crippen LogP) is -0.803. The van der Waals surface area contributed by atoms with Gasteiger partial charge in [-0.1, -0.05) is 0 Å². The van der Waals surface area contributed by atoms with Crippen LogP contribution in [0.15, 0.2) is 0 Å². The summed E-state index contributed by atoms with van der Waals surface area (Å²) in [4.78, 5) is 0. The van der Waals surface area contributed by atoms with Crippen molar-refractivity contribution in [3.8, 4) is 0 Å². The number of hydrogen-bond acceptors (Lipinski definition) is 4. The Morgan fingerprint density at radius 1 is 1.50 bits per heavy atom. The van der Waals surface area contributed by atoms with E-state index in [4.69, 9.17) is 9.76 Å². The van der Waals surface area contributed by atoms with Gasteiger partial charge in [0.2, 0.25) is 0 Å². The number of morpholine rings is 1. The van der Waals surface area contributed by atoms with Crippen molar-refractivity contribution in [3.05, 3.63) is 0 Å². The van der Waals surface area contributed by atoms with Gasteiger partial charge in [0.05, 0.1) is 13.2 Å². The molecule has 0 atom stereocenters. The van der Waals surface area contributed by atoms with E-state index in [2.05, 4.69) is 4.76 Å². The maximum atomic E-state index is 11.7. The molecule has 0 aromatic rings. The molecule has 0 saturated carbocycles. The maximum absolute atomic E-state index is 11.7. The van der Waals surface area contributed by atoms with Crippen molar-refractivity contribution in [3.63, 3.8) is 0 Å². The third kappa shape index (κ3) is 2.61. The molecule has 1 rings (SSSR count). The highest BCUT2D eigenvalue weighted by Crippen LogP contribution is 1.98. The first-order chi connectivity index (χ1) is 4.79. The van der Waals surface area contributed by atoms with E-state index in [1.165, 1.54) is 5.06 Å². The number of halogens is 1. The fourth-order valence-electron chi connectivity index (χ4n) is 0.775. The zero-order valence-corrected chi connectivity index (χ0v) is 5.49. The molecule has 0 amide bonds. The van der Waals surface area contributed by atoms with Crippen LogP contribution in [-0.2, 0) is 9.49 Å². The minimum absolute atomic E-state index is 0.501. The zero-order chi connectivity index (χ0) is 7.40. The van der Waals surface area contributed by atoms with E-state index in [9.17, 15) is 4.32 Å². The van der Waals surface area contributed by atoms with Crippen LogP contribution in [0.25, 0.3) is 0 Å². The minimum Gasteiger partial charge on any atom is -0.397 e. The molecule has 0 aromatic carbocycles. The average molecular weight is 149 g/mol. The van der Waals surface area contributed by atoms with E-state index in [1.807, 2.05) is 0 Å². The van der Waals surface area contributed by atoms with Gasteiger partial charge in [-0.3, -0.25) is 9.07 Å². The molecule has 1 fully saturated rings. The first-order valence-electron chi connectivity index (χ1n) is 3.10. The van der Waals surface area contributed by atoms with Gasteiger partial charge in [-0.15, -0.1) is 0 Å². The van der Waals surface area contributed by atoms with Crippen LogP contribution in [-0.4, -0.2) is 43.8 Å². The lowest BCUT2D eigenvalue weighted by Gasteiger charge is -2.24. The normalized spacial score (nSPS) is 21.0. The lowest BCUT2D eigenvalue weighted by molar-refractivity contribution is -0.137. The summed E-state index contributed by atoms with van der Waals surface area (Å²) in [6.45, 7) is 2.04. The Kier molecular flexibility index (Phi) is 3.07. The summed E-state index contributed by atoms with van der Waals surface area (Å²) >= 11 is 0. The summed E-state index contributed by atoms with van der Waals surface area (Å²) in [6, 6.07) is 0. The first kappa shape index (κ1) is 7.94. The van der Waals surface area contributed by atoms with E-state index in [0.29, 0.717) is 26.3 Å². The first-order valence-corrected chi connectivity index (χ1v) is 3.10. The van der Waals surface area contributed by atoms with Crippen molar-refractivity contribution < 1.29 is 18.8 Å². The van der Waals surface area contributed by atoms with Crippen LogP contribution in [0, 0.1) is 0 Å². The Morgan fingerprint density at radius 3 is 2.60 bits per heavy atom. The van der Waals surface area contributed by atoms with Gasteiger partial charge in [0.1, 0.15) is 0 Å². The van der Waals surface area contributed by atoms with E-state index in [1.54, 1.807) is 0 Å². The second-order valence-electron chi connectivity index (χ2n) is 1.94. The molecule has 0 aromatic heterocycles. The topological polar surface area (TPSA) is 41.9 Å². The van der Waals surface area contributed by atoms with Gasteiger partial charge < -0.3 is 9.76 Å². The fourth-order valence-corrected chi connectivity index (χ4v) is 0.775. The molecule has 1 saturated heterocycles. The van der Waals surface area contributed by atoms with Crippen molar-refractivity contribution in [2.75, 3.05) is 26.3 Å². The standard InChI is InChI=1S/C4H9BFNO3/c6-5(8)10-7-1-3-9-4-2-7/h8H,1-4H2. The molecule has 0 radical (unpaired) electrons. The van der Waals surface area contributed by atoms with E-state index < -0.39 is 7.40 Å². The van der Waals surface area contributed by atoms with Crippen molar-refractivity contribution in [2.24, 2.45) is 0 Å². The van der Waals surface area contributed by atoms with Crippen LogP contribution in [0.3, 0.4) is 0 Å². The molecule has 6 heteroatoms. The summed E-state index contributed by atoms with van der Waals surface area (Å²) in [5.41, 5.74) is 0. The third-order valence-corrected chi connectivity index (χ3v) is 1.21. The van der Waals surface area contributed by atoms with E-state index >= 15 is 0 Å². The molecule has 1 aliphatic rings. The Labute approximate surface area is 58.7 Å². The Hall–Kier alpha value is -0.165. The number of rotatable bonds is 2. The number of ether oxygens (including phenoxy) is 1. The van der Waals surface area contributed by atoms with Gasteiger partial charge in [0.15, 0.2) is 0 Å². The number of hydroxylamine groups is 2.